The van der Waals surface area contributed by atoms with Gasteiger partial charge < -0.3 is 10.1 Å². The molecule has 0 saturated carbocycles. The zero-order chi connectivity index (χ0) is 11.3. The van der Waals surface area contributed by atoms with Crippen LogP contribution in [0.15, 0.2) is 28.7 Å². The van der Waals surface area contributed by atoms with Crippen LogP contribution >= 0.6 is 15.9 Å². The molecule has 0 aliphatic rings. The second kappa shape index (κ2) is 5.88. The molecule has 3 nitrogen and oxygen atoms in total. The number of carbonyl (C=O) groups is 1. The molecule has 0 aliphatic heterocycles. The molecular weight excluding hydrogens is 258 g/mol. The van der Waals surface area contributed by atoms with Crippen LogP contribution in [0, 0.1) is 0 Å². The third-order valence-corrected chi connectivity index (χ3v) is 2.95. The first-order valence-corrected chi connectivity index (χ1v) is 5.46. The number of esters is 1. The largest absolute Gasteiger partial charge is 0.469 e. The van der Waals surface area contributed by atoms with Crippen molar-refractivity contribution in [2.24, 2.45) is 0 Å². The zero-order valence-electron chi connectivity index (χ0n) is 8.79. The molecule has 15 heavy (non-hydrogen) atoms. The third kappa shape index (κ3) is 3.32. The maximum Gasteiger partial charge on any atom is 0.307 e. The van der Waals surface area contributed by atoms with E-state index < -0.39 is 0 Å². The van der Waals surface area contributed by atoms with Crippen LogP contribution in [-0.2, 0) is 9.53 Å². The second-order valence-electron chi connectivity index (χ2n) is 3.14. The molecule has 0 bridgehead atoms. The average molecular weight is 272 g/mol. The molecule has 0 heterocycles. The topological polar surface area (TPSA) is 38.3 Å². The van der Waals surface area contributed by atoms with Crippen molar-refractivity contribution in [1.29, 1.82) is 0 Å². The fraction of sp³-hybridized carbons (Fsp3) is 0.364. The highest BCUT2D eigenvalue weighted by Gasteiger charge is 2.16. The van der Waals surface area contributed by atoms with E-state index in [0.29, 0.717) is 6.42 Å². The first-order valence-electron chi connectivity index (χ1n) is 4.67. The van der Waals surface area contributed by atoms with Crippen molar-refractivity contribution >= 4 is 21.9 Å². The Morgan fingerprint density at radius 2 is 2.20 bits per heavy atom. The minimum Gasteiger partial charge on any atom is -0.469 e. The maximum atomic E-state index is 11.2. The number of nitrogens with one attached hydrogen (secondary N) is 1. The minimum atomic E-state index is -0.217. The Bertz CT molecular complexity index is 341. The van der Waals surface area contributed by atoms with Crippen molar-refractivity contribution in [2.75, 3.05) is 14.2 Å². The van der Waals surface area contributed by atoms with Gasteiger partial charge in [0.1, 0.15) is 0 Å². The van der Waals surface area contributed by atoms with Gasteiger partial charge in [0.25, 0.3) is 0 Å². The fourth-order valence-corrected chi connectivity index (χ4v) is 1.94. The highest BCUT2D eigenvalue weighted by atomic mass is 79.9. The van der Waals surface area contributed by atoms with Gasteiger partial charge in [0.05, 0.1) is 13.5 Å². The molecule has 0 amide bonds. The second-order valence-corrected chi connectivity index (χ2v) is 4.00. The minimum absolute atomic E-state index is 0.0203. The number of carbonyl (C=O) groups excluding carboxylic acids is 1. The molecule has 0 spiro atoms. The van der Waals surface area contributed by atoms with Crippen LogP contribution in [0.1, 0.15) is 18.0 Å². The molecule has 0 aromatic heterocycles. The van der Waals surface area contributed by atoms with Gasteiger partial charge in [0.15, 0.2) is 0 Å². The van der Waals surface area contributed by atoms with Gasteiger partial charge in [-0.1, -0.05) is 34.1 Å². The van der Waals surface area contributed by atoms with Gasteiger partial charge in [-0.15, -0.1) is 0 Å². The normalized spacial score (nSPS) is 12.2. The molecule has 1 atom stereocenters. The Labute approximate surface area is 97.9 Å². The van der Waals surface area contributed by atoms with E-state index in [2.05, 4.69) is 26.0 Å². The molecule has 0 saturated heterocycles. The molecular formula is C11H14BrNO2. The van der Waals surface area contributed by atoms with Gasteiger partial charge in [0, 0.05) is 10.5 Å². The van der Waals surface area contributed by atoms with Crippen LogP contribution in [-0.4, -0.2) is 20.1 Å². The summed E-state index contributed by atoms with van der Waals surface area (Å²) in [6.07, 6.45) is 0.329. The van der Waals surface area contributed by atoms with Gasteiger partial charge >= 0.3 is 5.97 Å². The van der Waals surface area contributed by atoms with E-state index in [1.54, 1.807) is 0 Å². The number of halogens is 1. The van der Waals surface area contributed by atoms with Crippen LogP contribution in [0.4, 0.5) is 0 Å². The van der Waals surface area contributed by atoms with Gasteiger partial charge in [-0.05, 0) is 18.7 Å². The number of ether oxygens (including phenoxy) is 1. The summed E-state index contributed by atoms with van der Waals surface area (Å²) in [4.78, 5) is 11.2. The third-order valence-electron chi connectivity index (χ3n) is 2.23. The summed E-state index contributed by atoms with van der Waals surface area (Å²) in [5, 5.41) is 3.09. The lowest BCUT2D eigenvalue weighted by Gasteiger charge is -2.16. The number of hydrogen-bond acceptors (Lipinski definition) is 3. The fourth-order valence-electron chi connectivity index (χ4n) is 1.38. The van der Waals surface area contributed by atoms with Gasteiger partial charge in [-0.25, -0.2) is 0 Å². The molecule has 4 heteroatoms. The van der Waals surface area contributed by atoms with Crippen molar-refractivity contribution in [1.82, 2.24) is 5.32 Å². The Kier molecular flexibility index (Phi) is 4.78. The van der Waals surface area contributed by atoms with Crippen LogP contribution in [0.2, 0.25) is 0 Å². The van der Waals surface area contributed by atoms with E-state index in [1.807, 2.05) is 31.3 Å². The Balaban J connectivity index is 2.83. The first kappa shape index (κ1) is 12.2. The van der Waals surface area contributed by atoms with Gasteiger partial charge in [0.2, 0.25) is 0 Å². The van der Waals surface area contributed by atoms with Crippen molar-refractivity contribution in [3.05, 3.63) is 34.3 Å². The SMILES string of the molecule is CNC(CC(=O)OC)c1ccccc1Br. The van der Waals surface area contributed by atoms with Crippen molar-refractivity contribution in [3.63, 3.8) is 0 Å². The predicted molar refractivity (Wildman–Crippen MR) is 62.6 cm³/mol. The molecule has 1 unspecified atom stereocenters. The van der Waals surface area contributed by atoms with E-state index in [9.17, 15) is 4.79 Å². The molecule has 1 N–H and O–H groups in total. The van der Waals surface area contributed by atoms with Crippen molar-refractivity contribution in [2.45, 2.75) is 12.5 Å². The lowest BCUT2D eigenvalue weighted by molar-refractivity contribution is -0.141. The maximum absolute atomic E-state index is 11.2. The van der Waals surface area contributed by atoms with E-state index in [0.717, 1.165) is 10.0 Å². The molecule has 82 valence electrons. The summed E-state index contributed by atoms with van der Waals surface area (Å²) in [5.41, 5.74) is 1.06. The summed E-state index contributed by atoms with van der Waals surface area (Å²) < 4.78 is 5.64. The first-order chi connectivity index (χ1) is 7.19. The summed E-state index contributed by atoms with van der Waals surface area (Å²) in [6, 6.07) is 7.80. The van der Waals surface area contributed by atoms with E-state index in [-0.39, 0.29) is 12.0 Å². The smallest absolute Gasteiger partial charge is 0.307 e. The van der Waals surface area contributed by atoms with E-state index >= 15 is 0 Å². The number of hydrogen-bond donors (Lipinski definition) is 1. The van der Waals surface area contributed by atoms with Crippen LogP contribution in [0.3, 0.4) is 0 Å². The van der Waals surface area contributed by atoms with Gasteiger partial charge in [-0.2, -0.15) is 0 Å². The standard InChI is InChI=1S/C11H14BrNO2/c1-13-10(7-11(14)15-2)8-5-3-4-6-9(8)12/h3-6,10,13H,7H2,1-2H3. The average Bonchev–Trinajstić information content (AvgIpc) is 2.26. The Morgan fingerprint density at radius 3 is 2.73 bits per heavy atom. The number of benzene rings is 1. The highest BCUT2D eigenvalue weighted by molar-refractivity contribution is 9.10. The van der Waals surface area contributed by atoms with Crippen LogP contribution in [0.5, 0.6) is 0 Å². The molecule has 1 aromatic rings. The summed E-state index contributed by atoms with van der Waals surface area (Å²) >= 11 is 3.46. The van der Waals surface area contributed by atoms with E-state index in [4.69, 9.17) is 0 Å². The van der Waals surface area contributed by atoms with E-state index in [1.165, 1.54) is 7.11 Å². The lowest BCUT2D eigenvalue weighted by Crippen LogP contribution is -2.21. The predicted octanol–water partition coefficient (Wildman–Crippen LogP) is 2.27. The number of rotatable bonds is 4. The highest BCUT2D eigenvalue weighted by Crippen LogP contribution is 2.25. The van der Waals surface area contributed by atoms with Crippen molar-refractivity contribution < 1.29 is 9.53 Å². The monoisotopic (exact) mass is 271 g/mol. The molecule has 1 rings (SSSR count). The van der Waals surface area contributed by atoms with Crippen LogP contribution < -0.4 is 5.32 Å². The molecule has 1 aromatic carbocycles. The molecule has 0 radical (unpaired) electrons. The Hall–Kier alpha value is -0.870. The van der Waals surface area contributed by atoms with Gasteiger partial charge in [-0.3, -0.25) is 4.79 Å². The van der Waals surface area contributed by atoms with Crippen molar-refractivity contribution in [3.8, 4) is 0 Å². The summed E-state index contributed by atoms with van der Waals surface area (Å²) in [7, 11) is 3.22. The zero-order valence-corrected chi connectivity index (χ0v) is 10.4. The Morgan fingerprint density at radius 1 is 1.53 bits per heavy atom. The lowest BCUT2D eigenvalue weighted by atomic mass is 10.0. The summed E-state index contributed by atoms with van der Waals surface area (Å²) in [5.74, 6) is -0.217. The number of methoxy groups -OCH3 is 1. The van der Waals surface area contributed by atoms with Crippen LogP contribution in [0.25, 0.3) is 0 Å². The summed E-state index contributed by atoms with van der Waals surface area (Å²) in [6.45, 7) is 0. The molecule has 0 fully saturated rings. The molecule has 0 aliphatic carbocycles. The quantitative estimate of drug-likeness (QED) is 0.854.